The van der Waals surface area contributed by atoms with Gasteiger partial charge in [-0.3, -0.25) is 0 Å². The van der Waals surface area contributed by atoms with Gasteiger partial charge in [0.2, 0.25) is 0 Å². The average Bonchev–Trinajstić information content (AvgIpc) is 2.62. The number of nitrogen functional groups attached to an aromatic ring is 1. The Balaban J connectivity index is 2.68. The molecule has 0 aliphatic heterocycles. The molecule has 0 spiro atoms. The lowest BCUT2D eigenvalue weighted by Gasteiger charge is -2.03. The van der Waals surface area contributed by atoms with Crippen LogP contribution < -0.4 is 10.5 Å². The van der Waals surface area contributed by atoms with Crippen LogP contribution in [0.1, 0.15) is 11.8 Å². The molecular formula is C11H13NOS. The third kappa shape index (κ3) is 1.34. The normalized spacial score (nSPS) is 10.7. The van der Waals surface area contributed by atoms with Gasteiger partial charge in [-0.25, -0.2) is 0 Å². The van der Waals surface area contributed by atoms with E-state index in [0.29, 0.717) is 0 Å². The van der Waals surface area contributed by atoms with E-state index in [1.807, 2.05) is 6.07 Å². The lowest BCUT2D eigenvalue weighted by atomic mass is 10.2. The first-order valence-electron chi connectivity index (χ1n) is 4.61. The van der Waals surface area contributed by atoms with Crippen molar-refractivity contribution in [2.24, 2.45) is 0 Å². The Labute approximate surface area is 87.3 Å². The van der Waals surface area contributed by atoms with Gasteiger partial charge in [-0.1, -0.05) is 6.92 Å². The minimum Gasteiger partial charge on any atom is -0.495 e. The molecule has 14 heavy (non-hydrogen) atoms. The van der Waals surface area contributed by atoms with Crippen LogP contribution in [0.15, 0.2) is 18.2 Å². The van der Waals surface area contributed by atoms with Crippen molar-refractivity contribution in [1.82, 2.24) is 0 Å². The van der Waals surface area contributed by atoms with Crippen LogP contribution in [0.25, 0.3) is 10.1 Å². The van der Waals surface area contributed by atoms with Crippen molar-refractivity contribution in [2.45, 2.75) is 13.3 Å². The van der Waals surface area contributed by atoms with Gasteiger partial charge in [0.05, 0.1) is 12.8 Å². The summed E-state index contributed by atoms with van der Waals surface area (Å²) >= 11 is 1.80. The van der Waals surface area contributed by atoms with E-state index in [4.69, 9.17) is 10.5 Å². The van der Waals surface area contributed by atoms with Crippen LogP contribution in [0.4, 0.5) is 5.69 Å². The van der Waals surface area contributed by atoms with Crippen LogP contribution in [0, 0.1) is 0 Å². The summed E-state index contributed by atoms with van der Waals surface area (Å²) in [5, 5.41) is 1.12. The number of methoxy groups -OCH3 is 1. The maximum absolute atomic E-state index is 5.98. The van der Waals surface area contributed by atoms with Gasteiger partial charge in [0, 0.05) is 15.0 Å². The Morgan fingerprint density at radius 1 is 1.43 bits per heavy atom. The third-order valence-electron chi connectivity index (χ3n) is 2.32. The van der Waals surface area contributed by atoms with Crippen molar-refractivity contribution in [1.29, 1.82) is 0 Å². The van der Waals surface area contributed by atoms with Crippen LogP contribution in [-0.4, -0.2) is 7.11 Å². The van der Waals surface area contributed by atoms with Gasteiger partial charge in [-0.2, -0.15) is 0 Å². The van der Waals surface area contributed by atoms with E-state index in [-0.39, 0.29) is 0 Å². The van der Waals surface area contributed by atoms with Crippen molar-refractivity contribution < 1.29 is 4.74 Å². The number of benzene rings is 1. The predicted molar refractivity (Wildman–Crippen MR) is 62.2 cm³/mol. The fourth-order valence-electron chi connectivity index (χ4n) is 1.52. The van der Waals surface area contributed by atoms with Crippen molar-refractivity contribution in [2.75, 3.05) is 12.8 Å². The lowest BCUT2D eigenvalue weighted by molar-refractivity contribution is 0.417. The second-order valence-corrected chi connectivity index (χ2v) is 4.33. The summed E-state index contributed by atoms with van der Waals surface area (Å²) in [6, 6.07) is 6.14. The number of nitrogens with two attached hydrogens (primary N) is 1. The highest BCUT2D eigenvalue weighted by atomic mass is 32.1. The second kappa shape index (κ2) is 3.50. The Hall–Kier alpha value is -1.22. The van der Waals surface area contributed by atoms with Crippen molar-refractivity contribution in [3.8, 4) is 5.75 Å². The molecule has 1 heterocycles. The third-order valence-corrected chi connectivity index (χ3v) is 3.57. The minimum absolute atomic E-state index is 0.751. The van der Waals surface area contributed by atoms with Crippen molar-refractivity contribution in [3.05, 3.63) is 23.1 Å². The summed E-state index contributed by atoms with van der Waals surface area (Å²) in [5.41, 5.74) is 6.73. The zero-order valence-electron chi connectivity index (χ0n) is 8.33. The van der Waals surface area contributed by atoms with E-state index in [2.05, 4.69) is 19.1 Å². The van der Waals surface area contributed by atoms with E-state index in [9.17, 15) is 0 Å². The van der Waals surface area contributed by atoms with Crippen LogP contribution in [0.5, 0.6) is 5.75 Å². The van der Waals surface area contributed by atoms with Crippen molar-refractivity contribution in [3.63, 3.8) is 0 Å². The second-order valence-electron chi connectivity index (χ2n) is 3.16. The minimum atomic E-state index is 0.751. The quantitative estimate of drug-likeness (QED) is 0.768. The van der Waals surface area contributed by atoms with E-state index in [1.54, 1.807) is 18.4 Å². The first-order chi connectivity index (χ1) is 6.76. The molecule has 0 aliphatic rings. The largest absolute Gasteiger partial charge is 0.495 e. The molecule has 0 amide bonds. The zero-order chi connectivity index (χ0) is 10.1. The number of aryl methyl sites for hydroxylation is 1. The first-order valence-corrected chi connectivity index (χ1v) is 5.42. The van der Waals surface area contributed by atoms with Gasteiger partial charge < -0.3 is 10.5 Å². The lowest BCUT2D eigenvalue weighted by Crippen LogP contribution is -1.91. The molecule has 2 N–H and O–H groups in total. The standard InChI is InChI=1S/C11H13NOS/c1-3-7-6-8-10(14-7)5-4-9(13-2)11(8)12/h4-6H,3,12H2,1-2H3. The number of fused-ring (bicyclic) bond motifs is 1. The van der Waals surface area contributed by atoms with Crippen LogP contribution in [0.2, 0.25) is 0 Å². The predicted octanol–water partition coefficient (Wildman–Crippen LogP) is 3.05. The topological polar surface area (TPSA) is 35.2 Å². The molecule has 0 unspecified atom stereocenters. The summed E-state index contributed by atoms with van der Waals surface area (Å²) in [5.74, 6) is 0.762. The fourth-order valence-corrected chi connectivity index (χ4v) is 2.54. The zero-order valence-corrected chi connectivity index (χ0v) is 9.15. The van der Waals surface area contributed by atoms with Gasteiger partial charge in [-0.15, -0.1) is 11.3 Å². The Morgan fingerprint density at radius 3 is 2.86 bits per heavy atom. The molecule has 2 rings (SSSR count). The van der Waals surface area contributed by atoms with Crippen LogP contribution in [-0.2, 0) is 6.42 Å². The van der Waals surface area contributed by atoms with E-state index in [0.717, 1.165) is 23.2 Å². The SMILES string of the molecule is CCc1cc2c(N)c(OC)ccc2s1. The first kappa shape index (κ1) is 9.34. The molecule has 0 aliphatic carbocycles. The van der Waals surface area contributed by atoms with Crippen LogP contribution in [0.3, 0.4) is 0 Å². The smallest absolute Gasteiger partial charge is 0.142 e. The molecule has 2 nitrogen and oxygen atoms in total. The van der Waals surface area contributed by atoms with E-state index < -0.39 is 0 Å². The molecular weight excluding hydrogens is 194 g/mol. The maximum Gasteiger partial charge on any atom is 0.142 e. The Kier molecular flexibility index (Phi) is 2.33. The number of hydrogen-bond acceptors (Lipinski definition) is 3. The molecule has 74 valence electrons. The fraction of sp³-hybridized carbons (Fsp3) is 0.273. The molecule has 0 saturated heterocycles. The highest BCUT2D eigenvalue weighted by molar-refractivity contribution is 7.19. The highest BCUT2D eigenvalue weighted by Crippen LogP contribution is 2.35. The molecule has 3 heteroatoms. The monoisotopic (exact) mass is 207 g/mol. The van der Waals surface area contributed by atoms with Gasteiger partial charge in [0.15, 0.2) is 0 Å². The number of thiophene rings is 1. The van der Waals surface area contributed by atoms with E-state index >= 15 is 0 Å². The summed E-state index contributed by atoms with van der Waals surface area (Å²) in [6.45, 7) is 2.15. The molecule has 1 aromatic carbocycles. The van der Waals surface area contributed by atoms with Crippen LogP contribution >= 0.6 is 11.3 Å². The van der Waals surface area contributed by atoms with Gasteiger partial charge in [-0.05, 0) is 24.6 Å². The molecule has 2 aromatic rings. The van der Waals surface area contributed by atoms with Gasteiger partial charge in [0.1, 0.15) is 5.75 Å². The average molecular weight is 207 g/mol. The Bertz CT molecular complexity index is 462. The van der Waals surface area contributed by atoms with Gasteiger partial charge >= 0.3 is 0 Å². The molecule has 0 bridgehead atoms. The molecule has 0 saturated carbocycles. The van der Waals surface area contributed by atoms with Gasteiger partial charge in [0.25, 0.3) is 0 Å². The Morgan fingerprint density at radius 2 is 2.21 bits per heavy atom. The maximum atomic E-state index is 5.98. The van der Waals surface area contributed by atoms with E-state index in [1.165, 1.54) is 9.58 Å². The molecule has 0 fully saturated rings. The number of hydrogen-bond donors (Lipinski definition) is 1. The number of ether oxygens (including phenoxy) is 1. The number of rotatable bonds is 2. The summed E-state index contributed by atoms with van der Waals surface area (Å²) < 4.78 is 6.41. The summed E-state index contributed by atoms with van der Waals surface area (Å²) in [7, 11) is 1.64. The van der Waals surface area contributed by atoms with Crippen molar-refractivity contribution >= 4 is 27.1 Å². The highest BCUT2D eigenvalue weighted by Gasteiger charge is 2.07. The molecule has 0 radical (unpaired) electrons. The molecule has 1 aromatic heterocycles. The number of anilines is 1. The summed E-state index contributed by atoms with van der Waals surface area (Å²) in [6.07, 6.45) is 1.06. The molecule has 0 atom stereocenters. The summed E-state index contributed by atoms with van der Waals surface area (Å²) in [4.78, 5) is 1.36.